The van der Waals surface area contributed by atoms with E-state index in [1.165, 1.54) is 7.11 Å². The molecule has 4 heteroatoms. The predicted molar refractivity (Wildman–Crippen MR) is 73.2 cm³/mol. The van der Waals surface area contributed by atoms with Crippen molar-refractivity contribution in [2.75, 3.05) is 21.3 Å². The van der Waals surface area contributed by atoms with Crippen molar-refractivity contribution in [3.05, 3.63) is 36.4 Å². The van der Waals surface area contributed by atoms with Crippen LogP contribution < -0.4 is 14.2 Å². The minimum Gasteiger partial charge on any atom is -0.504 e. The molecule has 0 bridgehead atoms. The Morgan fingerprint density at radius 3 is 1.89 bits per heavy atom. The second kappa shape index (κ2) is 5.52. The average Bonchev–Trinajstić information content (AvgIpc) is 2.46. The van der Waals surface area contributed by atoms with Crippen LogP contribution in [0.15, 0.2) is 36.4 Å². The van der Waals surface area contributed by atoms with E-state index in [4.69, 9.17) is 14.2 Å². The second-order valence-electron chi connectivity index (χ2n) is 3.90. The maximum Gasteiger partial charge on any atom is 0.168 e. The lowest BCUT2D eigenvalue weighted by atomic mass is 10.0. The molecule has 0 aliphatic carbocycles. The zero-order valence-electron chi connectivity index (χ0n) is 11.1. The molecule has 0 radical (unpaired) electrons. The number of methoxy groups -OCH3 is 3. The number of phenolic OH excluding ortho intramolecular Hbond substituents is 1. The summed E-state index contributed by atoms with van der Waals surface area (Å²) in [5.41, 5.74) is 1.38. The number of phenols is 1. The first kappa shape index (κ1) is 13.1. The van der Waals surface area contributed by atoms with Gasteiger partial charge >= 0.3 is 0 Å². The van der Waals surface area contributed by atoms with E-state index in [1.54, 1.807) is 32.4 Å². The van der Waals surface area contributed by atoms with Gasteiger partial charge in [0, 0.05) is 11.1 Å². The Kier molecular flexibility index (Phi) is 3.80. The topological polar surface area (TPSA) is 47.9 Å². The molecule has 2 aromatic rings. The van der Waals surface area contributed by atoms with Crippen molar-refractivity contribution >= 4 is 0 Å². The Morgan fingerprint density at radius 2 is 1.32 bits per heavy atom. The van der Waals surface area contributed by atoms with Gasteiger partial charge in [0.25, 0.3) is 0 Å². The summed E-state index contributed by atoms with van der Waals surface area (Å²) in [7, 11) is 4.66. The van der Waals surface area contributed by atoms with Crippen molar-refractivity contribution in [3.63, 3.8) is 0 Å². The van der Waals surface area contributed by atoms with Gasteiger partial charge in [0.15, 0.2) is 23.0 Å². The fourth-order valence-corrected chi connectivity index (χ4v) is 2.00. The van der Waals surface area contributed by atoms with E-state index < -0.39 is 0 Å². The minimum atomic E-state index is 0.0801. The van der Waals surface area contributed by atoms with Gasteiger partial charge in [-0.05, 0) is 12.1 Å². The van der Waals surface area contributed by atoms with Crippen LogP contribution in [0, 0.1) is 0 Å². The van der Waals surface area contributed by atoms with Gasteiger partial charge < -0.3 is 19.3 Å². The summed E-state index contributed by atoms with van der Waals surface area (Å²) in [5, 5.41) is 10.2. The van der Waals surface area contributed by atoms with Gasteiger partial charge in [0.2, 0.25) is 0 Å². The molecule has 0 atom stereocenters. The highest BCUT2D eigenvalue weighted by molar-refractivity contribution is 5.80. The molecule has 0 aromatic heterocycles. The van der Waals surface area contributed by atoms with Gasteiger partial charge in [-0.2, -0.15) is 0 Å². The van der Waals surface area contributed by atoms with Crippen LogP contribution in [0.4, 0.5) is 0 Å². The van der Waals surface area contributed by atoms with Crippen molar-refractivity contribution in [1.29, 1.82) is 0 Å². The summed E-state index contributed by atoms with van der Waals surface area (Å²) in [5.74, 6) is 1.69. The molecule has 0 aliphatic rings. The fourth-order valence-electron chi connectivity index (χ4n) is 2.00. The van der Waals surface area contributed by atoms with E-state index in [2.05, 4.69) is 0 Å². The lowest BCUT2D eigenvalue weighted by molar-refractivity contribution is 0.355. The summed E-state index contributed by atoms with van der Waals surface area (Å²) in [4.78, 5) is 0. The van der Waals surface area contributed by atoms with Crippen LogP contribution in [0.25, 0.3) is 11.1 Å². The van der Waals surface area contributed by atoms with Crippen LogP contribution in [0.3, 0.4) is 0 Å². The Balaban J connectivity index is 2.65. The molecule has 0 aliphatic heterocycles. The van der Waals surface area contributed by atoms with E-state index in [1.807, 2.05) is 18.2 Å². The Bertz CT molecular complexity index is 578. The average molecular weight is 260 g/mol. The van der Waals surface area contributed by atoms with E-state index in [0.29, 0.717) is 22.8 Å². The van der Waals surface area contributed by atoms with Gasteiger partial charge in [-0.1, -0.05) is 24.3 Å². The molecule has 0 heterocycles. The van der Waals surface area contributed by atoms with E-state index >= 15 is 0 Å². The zero-order chi connectivity index (χ0) is 13.8. The van der Waals surface area contributed by atoms with Crippen molar-refractivity contribution < 1.29 is 19.3 Å². The van der Waals surface area contributed by atoms with Gasteiger partial charge in [-0.15, -0.1) is 0 Å². The van der Waals surface area contributed by atoms with Gasteiger partial charge in [-0.3, -0.25) is 0 Å². The maximum atomic E-state index is 10.2. The molecule has 0 spiro atoms. The highest BCUT2D eigenvalue weighted by Crippen LogP contribution is 2.44. The molecule has 0 saturated heterocycles. The minimum absolute atomic E-state index is 0.0801. The van der Waals surface area contributed by atoms with Gasteiger partial charge in [-0.25, -0.2) is 0 Å². The molecule has 0 unspecified atom stereocenters. The third-order valence-electron chi connectivity index (χ3n) is 2.91. The maximum absolute atomic E-state index is 10.2. The van der Waals surface area contributed by atoms with Crippen LogP contribution in [0.1, 0.15) is 0 Å². The molecular weight excluding hydrogens is 244 g/mol. The molecule has 100 valence electrons. The highest BCUT2D eigenvalue weighted by Gasteiger charge is 2.16. The smallest absolute Gasteiger partial charge is 0.168 e. The molecule has 19 heavy (non-hydrogen) atoms. The highest BCUT2D eigenvalue weighted by atomic mass is 16.5. The number of hydrogen-bond acceptors (Lipinski definition) is 4. The SMILES string of the molecule is COc1cccc(-c2cccc(OC)c2OC)c1O. The van der Waals surface area contributed by atoms with Crippen LogP contribution in [-0.4, -0.2) is 26.4 Å². The molecule has 0 amide bonds. The number of benzene rings is 2. The molecule has 1 N–H and O–H groups in total. The summed E-state index contributed by atoms with van der Waals surface area (Å²) >= 11 is 0. The molecule has 0 fully saturated rings. The van der Waals surface area contributed by atoms with Crippen molar-refractivity contribution in [1.82, 2.24) is 0 Å². The number of hydrogen-bond donors (Lipinski definition) is 1. The van der Waals surface area contributed by atoms with E-state index in [9.17, 15) is 5.11 Å². The zero-order valence-corrected chi connectivity index (χ0v) is 11.1. The summed E-state index contributed by atoms with van der Waals surface area (Å²) in [6, 6.07) is 10.8. The first-order chi connectivity index (χ1) is 9.22. The van der Waals surface area contributed by atoms with Crippen molar-refractivity contribution in [2.24, 2.45) is 0 Å². The van der Waals surface area contributed by atoms with E-state index in [-0.39, 0.29) is 5.75 Å². The van der Waals surface area contributed by atoms with Crippen molar-refractivity contribution in [3.8, 4) is 34.1 Å². The lowest BCUT2D eigenvalue weighted by Crippen LogP contribution is -1.94. The largest absolute Gasteiger partial charge is 0.504 e. The molecule has 2 aromatic carbocycles. The van der Waals surface area contributed by atoms with Crippen LogP contribution in [0.5, 0.6) is 23.0 Å². The molecule has 2 rings (SSSR count). The number of aromatic hydroxyl groups is 1. The van der Waals surface area contributed by atoms with Gasteiger partial charge in [0.1, 0.15) is 0 Å². The van der Waals surface area contributed by atoms with Crippen molar-refractivity contribution in [2.45, 2.75) is 0 Å². The second-order valence-corrected chi connectivity index (χ2v) is 3.90. The molecular formula is C15H16O4. The number of para-hydroxylation sites is 2. The summed E-state index contributed by atoms with van der Waals surface area (Å²) in [6.07, 6.45) is 0. The lowest BCUT2D eigenvalue weighted by Gasteiger charge is -2.14. The third-order valence-corrected chi connectivity index (χ3v) is 2.91. The summed E-state index contributed by atoms with van der Waals surface area (Å²) < 4.78 is 15.7. The van der Waals surface area contributed by atoms with E-state index in [0.717, 1.165) is 5.56 Å². The normalized spacial score (nSPS) is 10.1. The first-order valence-corrected chi connectivity index (χ1v) is 5.80. The third kappa shape index (κ3) is 2.29. The van der Waals surface area contributed by atoms with Crippen LogP contribution >= 0.6 is 0 Å². The van der Waals surface area contributed by atoms with Gasteiger partial charge in [0.05, 0.1) is 21.3 Å². The molecule has 4 nitrogen and oxygen atoms in total. The predicted octanol–water partition coefficient (Wildman–Crippen LogP) is 3.09. The first-order valence-electron chi connectivity index (χ1n) is 5.80. The number of ether oxygens (including phenoxy) is 3. The Labute approximate surface area is 112 Å². The Hall–Kier alpha value is -2.36. The molecule has 0 saturated carbocycles. The fraction of sp³-hybridized carbons (Fsp3) is 0.200. The standard InChI is InChI=1S/C15H16O4/c1-17-12-8-4-6-10(14(12)16)11-7-5-9-13(18-2)15(11)19-3/h4-9,16H,1-3H3. The quantitative estimate of drug-likeness (QED) is 0.917. The number of rotatable bonds is 4. The van der Waals surface area contributed by atoms with Crippen LogP contribution in [-0.2, 0) is 0 Å². The van der Waals surface area contributed by atoms with Crippen LogP contribution in [0.2, 0.25) is 0 Å². The summed E-state index contributed by atoms with van der Waals surface area (Å²) in [6.45, 7) is 0. The monoisotopic (exact) mass is 260 g/mol. The Morgan fingerprint density at radius 1 is 0.737 bits per heavy atom.